The quantitative estimate of drug-likeness (QED) is 0.813. The van der Waals surface area contributed by atoms with E-state index in [0.717, 1.165) is 18.0 Å². The largest absolute Gasteiger partial charge is 0.495 e. The van der Waals surface area contributed by atoms with Gasteiger partial charge in [-0.25, -0.2) is 0 Å². The zero-order valence-electron chi connectivity index (χ0n) is 12.4. The third kappa shape index (κ3) is 3.91. The lowest BCUT2D eigenvalue weighted by Crippen LogP contribution is -2.40. The summed E-state index contributed by atoms with van der Waals surface area (Å²) in [7, 11) is 3.67. The fraction of sp³-hybridized carbons (Fsp3) is 0.600. The molecule has 1 aromatic rings. The van der Waals surface area contributed by atoms with E-state index in [4.69, 9.17) is 4.74 Å². The summed E-state index contributed by atoms with van der Waals surface area (Å²) < 4.78 is 5.42. The van der Waals surface area contributed by atoms with E-state index < -0.39 is 0 Å². The molecule has 0 radical (unpaired) electrons. The standard InChI is InChI=1S/C15H26N2O/c1-11(2)12-7-8-14(18-6)13(9-12)17-15(3,4)10-16-5/h7-9,11,16-17H,10H2,1-6H3. The second-order valence-corrected chi connectivity index (χ2v) is 5.65. The summed E-state index contributed by atoms with van der Waals surface area (Å²) in [5.41, 5.74) is 2.36. The van der Waals surface area contributed by atoms with Crippen molar-refractivity contribution >= 4 is 5.69 Å². The molecule has 1 aromatic carbocycles. The molecule has 0 spiro atoms. The van der Waals surface area contributed by atoms with Gasteiger partial charge in [-0.2, -0.15) is 0 Å². The molecule has 0 saturated heterocycles. The molecule has 2 N–H and O–H groups in total. The predicted molar refractivity (Wildman–Crippen MR) is 78.7 cm³/mol. The summed E-state index contributed by atoms with van der Waals surface area (Å²) in [6.07, 6.45) is 0. The molecule has 0 saturated carbocycles. The van der Waals surface area contributed by atoms with Crippen LogP contribution in [-0.2, 0) is 0 Å². The van der Waals surface area contributed by atoms with Crippen molar-refractivity contribution in [2.24, 2.45) is 0 Å². The van der Waals surface area contributed by atoms with Gasteiger partial charge in [0.2, 0.25) is 0 Å². The second-order valence-electron chi connectivity index (χ2n) is 5.65. The first-order chi connectivity index (χ1) is 8.39. The third-order valence-electron chi connectivity index (χ3n) is 2.98. The van der Waals surface area contributed by atoms with Gasteiger partial charge in [-0.1, -0.05) is 19.9 Å². The lowest BCUT2D eigenvalue weighted by molar-refractivity contribution is 0.413. The van der Waals surface area contributed by atoms with Crippen LogP contribution < -0.4 is 15.4 Å². The summed E-state index contributed by atoms with van der Waals surface area (Å²) in [4.78, 5) is 0. The molecule has 0 unspecified atom stereocenters. The summed E-state index contributed by atoms with van der Waals surface area (Å²) >= 11 is 0. The maximum absolute atomic E-state index is 5.42. The minimum Gasteiger partial charge on any atom is -0.495 e. The van der Waals surface area contributed by atoms with Gasteiger partial charge in [0.05, 0.1) is 12.8 Å². The van der Waals surface area contributed by atoms with E-state index in [-0.39, 0.29) is 5.54 Å². The molecule has 0 aromatic heterocycles. The SMILES string of the molecule is CNCC(C)(C)Nc1cc(C(C)C)ccc1OC. The first kappa shape index (κ1) is 14.8. The Morgan fingerprint density at radius 2 is 1.94 bits per heavy atom. The van der Waals surface area contributed by atoms with Crippen LogP contribution in [-0.4, -0.2) is 26.2 Å². The zero-order valence-corrected chi connectivity index (χ0v) is 12.4. The molecule has 1 rings (SSSR count). The Labute approximate surface area is 111 Å². The molecule has 3 heteroatoms. The van der Waals surface area contributed by atoms with Gasteiger partial charge in [0.25, 0.3) is 0 Å². The van der Waals surface area contributed by atoms with Crippen LogP contribution >= 0.6 is 0 Å². The Hall–Kier alpha value is -1.22. The molecule has 0 bridgehead atoms. The number of benzene rings is 1. The maximum atomic E-state index is 5.42. The molecule has 102 valence electrons. The number of anilines is 1. The molecule has 3 nitrogen and oxygen atoms in total. The van der Waals surface area contributed by atoms with E-state index in [1.807, 2.05) is 13.1 Å². The van der Waals surface area contributed by atoms with Gasteiger partial charge in [0, 0.05) is 12.1 Å². The Balaban J connectivity index is 3.01. The minimum absolute atomic E-state index is 0.0162. The summed E-state index contributed by atoms with van der Waals surface area (Å²) in [5, 5.41) is 6.75. The number of methoxy groups -OCH3 is 1. The van der Waals surface area contributed by atoms with Crippen LogP contribution in [0.2, 0.25) is 0 Å². The van der Waals surface area contributed by atoms with Crippen molar-refractivity contribution < 1.29 is 4.74 Å². The first-order valence-electron chi connectivity index (χ1n) is 6.50. The summed E-state index contributed by atoms with van der Waals surface area (Å²) in [6.45, 7) is 9.63. The van der Waals surface area contributed by atoms with Crippen LogP contribution in [0.3, 0.4) is 0 Å². The van der Waals surface area contributed by atoms with Gasteiger partial charge in [-0.3, -0.25) is 0 Å². The molecule has 0 aliphatic heterocycles. The minimum atomic E-state index is -0.0162. The van der Waals surface area contributed by atoms with Crippen LogP contribution in [0.5, 0.6) is 5.75 Å². The average molecular weight is 250 g/mol. The van der Waals surface area contributed by atoms with Crippen molar-refractivity contribution in [3.63, 3.8) is 0 Å². The number of ether oxygens (including phenoxy) is 1. The van der Waals surface area contributed by atoms with Crippen molar-refractivity contribution in [1.29, 1.82) is 0 Å². The van der Waals surface area contributed by atoms with E-state index in [2.05, 4.69) is 50.5 Å². The molecule has 0 atom stereocenters. The fourth-order valence-corrected chi connectivity index (χ4v) is 2.03. The van der Waals surface area contributed by atoms with E-state index in [9.17, 15) is 0 Å². The van der Waals surface area contributed by atoms with E-state index >= 15 is 0 Å². The molecule has 0 amide bonds. The first-order valence-corrected chi connectivity index (χ1v) is 6.50. The predicted octanol–water partition coefficient (Wildman–Crippen LogP) is 3.23. The molecule has 18 heavy (non-hydrogen) atoms. The molecule has 0 aliphatic carbocycles. The highest BCUT2D eigenvalue weighted by Crippen LogP contribution is 2.30. The smallest absolute Gasteiger partial charge is 0.141 e. The topological polar surface area (TPSA) is 33.3 Å². The van der Waals surface area contributed by atoms with Crippen LogP contribution in [0.15, 0.2) is 18.2 Å². The van der Waals surface area contributed by atoms with E-state index in [1.54, 1.807) is 7.11 Å². The lowest BCUT2D eigenvalue weighted by atomic mass is 10.0. The third-order valence-corrected chi connectivity index (χ3v) is 2.98. The highest BCUT2D eigenvalue weighted by atomic mass is 16.5. The van der Waals surface area contributed by atoms with E-state index in [1.165, 1.54) is 5.56 Å². The lowest BCUT2D eigenvalue weighted by Gasteiger charge is -2.28. The maximum Gasteiger partial charge on any atom is 0.141 e. The summed E-state index contributed by atoms with van der Waals surface area (Å²) in [5.74, 6) is 1.41. The van der Waals surface area contributed by atoms with Crippen LogP contribution in [0.4, 0.5) is 5.69 Å². The number of hydrogen-bond acceptors (Lipinski definition) is 3. The fourth-order valence-electron chi connectivity index (χ4n) is 2.03. The monoisotopic (exact) mass is 250 g/mol. The number of rotatable bonds is 6. The Bertz CT molecular complexity index is 386. The van der Waals surface area contributed by atoms with E-state index in [0.29, 0.717) is 5.92 Å². The molecule has 0 aliphatic rings. The zero-order chi connectivity index (χ0) is 13.8. The van der Waals surface area contributed by atoms with Crippen molar-refractivity contribution in [2.45, 2.75) is 39.2 Å². The number of nitrogens with one attached hydrogen (secondary N) is 2. The van der Waals surface area contributed by atoms with Crippen molar-refractivity contribution in [1.82, 2.24) is 5.32 Å². The Kier molecular flexibility index (Phi) is 5.03. The van der Waals surface area contributed by atoms with Gasteiger partial charge in [-0.05, 0) is 44.5 Å². The van der Waals surface area contributed by atoms with Crippen molar-refractivity contribution in [2.75, 3.05) is 26.0 Å². The molecular weight excluding hydrogens is 224 g/mol. The molecular formula is C15H26N2O. The van der Waals surface area contributed by atoms with Crippen LogP contribution in [0, 0.1) is 0 Å². The summed E-state index contributed by atoms with van der Waals surface area (Å²) in [6, 6.07) is 6.34. The van der Waals surface area contributed by atoms with Crippen molar-refractivity contribution in [3.05, 3.63) is 23.8 Å². The Morgan fingerprint density at radius 3 is 2.44 bits per heavy atom. The van der Waals surface area contributed by atoms with Gasteiger partial charge < -0.3 is 15.4 Å². The normalized spacial score (nSPS) is 11.7. The van der Waals surface area contributed by atoms with Crippen LogP contribution in [0.1, 0.15) is 39.2 Å². The average Bonchev–Trinajstić information content (AvgIpc) is 2.28. The van der Waals surface area contributed by atoms with Gasteiger partial charge in [0.1, 0.15) is 5.75 Å². The molecule has 0 heterocycles. The Morgan fingerprint density at radius 1 is 1.28 bits per heavy atom. The highest BCUT2D eigenvalue weighted by molar-refractivity contribution is 5.59. The van der Waals surface area contributed by atoms with Gasteiger partial charge in [0.15, 0.2) is 0 Å². The number of likely N-dealkylation sites (N-methyl/N-ethyl adjacent to an activating group) is 1. The number of hydrogen-bond donors (Lipinski definition) is 2. The van der Waals surface area contributed by atoms with Gasteiger partial charge >= 0.3 is 0 Å². The molecule has 0 fully saturated rings. The second kappa shape index (κ2) is 6.10. The van der Waals surface area contributed by atoms with Gasteiger partial charge in [-0.15, -0.1) is 0 Å². The highest BCUT2D eigenvalue weighted by Gasteiger charge is 2.18. The van der Waals surface area contributed by atoms with Crippen molar-refractivity contribution in [3.8, 4) is 5.75 Å². The van der Waals surface area contributed by atoms with Crippen LogP contribution in [0.25, 0.3) is 0 Å².